The van der Waals surface area contributed by atoms with Crippen molar-refractivity contribution in [3.05, 3.63) is 29.3 Å². The summed E-state index contributed by atoms with van der Waals surface area (Å²) in [5.74, 6) is 1.25. The molecule has 23 heavy (non-hydrogen) atoms. The molecule has 0 radical (unpaired) electrons. The van der Waals surface area contributed by atoms with Crippen molar-refractivity contribution < 1.29 is 19.0 Å². The number of carbonyl (C=O) groups is 1. The Hall–Kier alpha value is -2.12. The maximum absolute atomic E-state index is 12.3. The smallest absolute Gasteiger partial charge is 0.271 e. The third-order valence-electron chi connectivity index (χ3n) is 3.55. The molecule has 3 rings (SSSR count). The van der Waals surface area contributed by atoms with Gasteiger partial charge in [-0.25, -0.2) is 4.98 Å². The average Bonchev–Trinajstić information content (AvgIpc) is 3.22. The first-order chi connectivity index (χ1) is 11.2. The standard InChI is InChI=1S/C16H18N2O4S/c1-3-11(7-20-2)17-15(19)12-8-23-16(18-12)10-4-5-13-14(6-10)22-9-21-13/h4-6,8,11H,3,7,9H2,1-2H3,(H,17,19). The number of hydrogen-bond donors (Lipinski definition) is 1. The number of amides is 1. The minimum absolute atomic E-state index is 0.0109. The summed E-state index contributed by atoms with van der Waals surface area (Å²) in [6.07, 6.45) is 0.804. The van der Waals surface area contributed by atoms with E-state index in [9.17, 15) is 4.79 Å². The van der Waals surface area contributed by atoms with E-state index in [-0.39, 0.29) is 18.7 Å². The number of thiazole rings is 1. The van der Waals surface area contributed by atoms with E-state index in [1.165, 1.54) is 11.3 Å². The second kappa shape index (κ2) is 6.97. The van der Waals surface area contributed by atoms with Gasteiger partial charge in [0.25, 0.3) is 5.91 Å². The summed E-state index contributed by atoms with van der Waals surface area (Å²) >= 11 is 1.42. The maximum atomic E-state index is 12.3. The van der Waals surface area contributed by atoms with Crippen LogP contribution in [-0.4, -0.2) is 37.4 Å². The lowest BCUT2D eigenvalue weighted by Crippen LogP contribution is -2.37. The second-order valence-corrected chi connectivity index (χ2v) is 6.00. The number of hydrogen-bond acceptors (Lipinski definition) is 6. The zero-order valence-corrected chi connectivity index (χ0v) is 13.8. The van der Waals surface area contributed by atoms with Gasteiger partial charge in [0.05, 0.1) is 12.6 Å². The van der Waals surface area contributed by atoms with Crippen molar-refractivity contribution in [2.45, 2.75) is 19.4 Å². The van der Waals surface area contributed by atoms with Gasteiger partial charge in [0.2, 0.25) is 6.79 Å². The van der Waals surface area contributed by atoms with E-state index >= 15 is 0 Å². The van der Waals surface area contributed by atoms with Crippen LogP contribution in [0.3, 0.4) is 0 Å². The number of nitrogens with one attached hydrogen (secondary N) is 1. The summed E-state index contributed by atoms with van der Waals surface area (Å²) < 4.78 is 15.8. The van der Waals surface area contributed by atoms with Crippen LogP contribution in [0, 0.1) is 0 Å². The van der Waals surface area contributed by atoms with Crippen LogP contribution in [0.5, 0.6) is 11.5 Å². The van der Waals surface area contributed by atoms with E-state index in [1.807, 2.05) is 25.1 Å². The largest absolute Gasteiger partial charge is 0.454 e. The van der Waals surface area contributed by atoms with E-state index in [2.05, 4.69) is 10.3 Å². The summed E-state index contributed by atoms with van der Waals surface area (Å²) in [6.45, 7) is 2.73. The summed E-state index contributed by atoms with van der Waals surface area (Å²) in [5, 5.41) is 5.46. The van der Waals surface area contributed by atoms with E-state index in [4.69, 9.17) is 14.2 Å². The van der Waals surface area contributed by atoms with Gasteiger partial charge in [-0.1, -0.05) is 6.92 Å². The molecule has 2 aromatic rings. The van der Waals surface area contributed by atoms with Crippen LogP contribution in [0.2, 0.25) is 0 Å². The fraction of sp³-hybridized carbons (Fsp3) is 0.375. The van der Waals surface area contributed by atoms with Crippen LogP contribution in [-0.2, 0) is 4.74 Å². The van der Waals surface area contributed by atoms with E-state index in [0.717, 1.165) is 22.7 Å². The number of methoxy groups -OCH3 is 1. The molecule has 1 atom stereocenters. The number of nitrogens with zero attached hydrogens (tertiary/aromatic N) is 1. The quantitative estimate of drug-likeness (QED) is 0.879. The fourth-order valence-corrected chi connectivity index (χ4v) is 3.06. The zero-order valence-electron chi connectivity index (χ0n) is 13.0. The summed E-state index contributed by atoms with van der Waals surface area (Å²) in [6, 6.07) is 5.63. The molecule has 122 valence electrons. The molecule has 0 saturated heterocycles. The Bertz CT molecular complexity index is 701. The maximum Gasteiger partial charge on any atom is 0.271 e. The number of aromatic nitrogens is 1. The molecule has 0 fully saturated rings. The molecule has 1 N–H and O–H groups in total. The van der Waals surface area contributed by atoms with Crippen molar-refractivity contribution >= 4 is 17.2 Å². The molecule has 0 saturated carbocycles. The van der Waals surface area contributed by atoms with Crippen LogP contribution in [0.15, 0.2) is 23.6 Å². The number of carbonyl (C=O) groups excluding carboxylic acids is 1. The third kappa shape index (κ3) is 3.46. The summed E-state index contributed by atoms with van der Waals surface area (Å²) in [4.78, 5) is 16.7. The van der Waals surface area contributed by atoms with E-state index < -0.39 is 0 Å². The molecule has 7 heteroatoms. The predicted molar refractivity (Wildman–Crippen MR) is 87.1 cm³/mol. The first kappa shape index (κ1) is 15.8. The molecule has 0 spiro atoms. The molecule has 1 amide bonds. The normalized spacial score (nSPS) is 13.8. The van der Waals surface area contributed by atoms with Gasteiger partial charge in [0.1, 0.15) is 10.7 Å². The fourth-order valence-electron chi connectivity index (χ4n) is 2.26. The van der Waals surface area contributed by atoms with Gasteiger partial charge in [-0.2, -0.15) is 0 Å². The molecule has 0 aliphatic carbocycles. The lowest BCUT2D eigenvalue weighted by Gasteiger charge is -2.14. The Balaban J connectivity index is 1.74. The molecule has 1 aromatic heterocycles. The molecule has 0 bridgehead atoms. The van der Waals surface area contributed by atoms with Crippen LogP contribution >= 0.6 is 11.3 Å². The zero-order chi connectivity index (χ0) is 16.2. The number of ether oxygens (including phenoxy) is 3. The molecule has 1 unspecified atom stereocenters. The monoisotopic (exact) mass is 334 g/mol. The Labute approximate surface area is 138 Å². The highest BCUT2D eigenvalue weighted by atomic mass is 32.1. The van der Waals surface area contributed by atoms with Crippen LogP contribution in [0.1, 0.15) is 23.8 Å². The first-order valence-electron chi connectivity index (χ1n) is 7.36. The lowest BCUT2D eigenvalue weighted by atomic mass is 10.2. The molecule has 1 aromatic carbocycles. The van der Waals surface area contributed by atoms with Crippen LogP contribution < -0.4 is 14.8 Å². The average molecular weight is 334 g/mol. The number of fused-ring (bicyclic) bond motifs is 1. The lowest BCUT2D eigenvalue weighted by molar-refractivity contribution is 0.0890. The molecular weight excluding hydrogens is 316 g/mol. The van der Waals surface area contributed by atoms with E-state index in [0.29, 0.717) is 18.1 Å². The van der Waals surface area contributed by atoms with Gasteiger partial charge in [0.15, 0.2) is 11.5 Å². The van der Waals surface area contributed by atoms with Crippen molar-refractivity contribution in [3.8, 4) is 22.1 Å². The second-order valence-electron chi connectivity index (χ2n) is 5.14. The SMILES string of the molecule is CCC(COC)NC(=O)c1csc(-c2ccc3c(c2)OCO3)n1. The molecular formula is C16H18N2O4S. The minimum atomic E-state index is -0.183. The molecule has 2 heterocycles. The van der Waals surface area contributed by atoms with Crippen molar-refractivity contribution in [2.24, 2.45) is 0 Å². The number of rotatable bonds is 6. The summed E-state index contributed by atoms with van der Waals surface area (Å²) in [7, 11) is 1.62. The Morgan fingerprint density at radius 1 is 1.43 bits per heavy atom. The Kier molecular flexibility index (Phi) is 4.78. The molecule has 6 nitrogen and oxygen atoms in total. The van der Waals surface area contributed by atoms with Crippen molar-refractivity contribution in [2.75, 3.05) is 20.5 Å². The van der Waals surface area contributed by atoms with Gasteiger partial charge >= 0.3 is 0 Å². The third-order valence-corrected chi connectivity index (χ3v) is 4.44. The molecule has 1 aliphatic rings. The van der Waals surface area contributed by atoms with E-state index in [1.54, 1.807) is 12.5 Å². The highest BCUT2D eigenvalue weighted by Gasteiger charge is 2.18. The van der Waals surface area contributed by atoms with Gasteiger partial charge in [-0.05, 0) is 24.6 Å². The van der Waals surface area contributed by atoms with Crippen LogP contribution in [0.25, 0.3) is 10.6 Å². The van der Waals surface area contributed by atoms with Crippen molar-refractivity contribution in [3.63, 3.8) is 0 Å². The van der Waals surface area contributed by atoms with Gasteiger partial charge in [-0.3, -0.25) is 4.79 Å². The minimum Gasteiger partial charge on any atom is -0.454 e. The number of benzene rings is 1. The van der Waals surface area contributed by atoms with Gasteiger partial charge in [0, 0.05) is 18.1 Å². The van der Waals surface area contributed by atoms with Crippen molar-refractivity contribution in [1.29, 1.82) is 0 Å². The highest BCUT2D eigenvalue weighted by molar-refractivity contribution is 7.13. The van der Waals surface area contributed by atoms with Gasteiger partial charge < -0.3 is 19.5 Å². The summed E-state index contributed by atoms with van der Waals surface area (Å²) in [5.41, 5.74) is 1.32. The molecule has 1 aliphatic heterocycles. The Morgan fingerprint density at radius 2 is 2.26 bits per heavy atom. The van der Waals surface area contributed by atoms with Crippen LogP contribution in [0.4, 0.5) is 0 Å². The van der Waals surface area contributed by atoms with Gasteiger partial charge in [-0.15, -0.1) is 11.3 Å². The Morgan fingerprint density at radius 3 is 3.04 bits per heavy atom. The van der Waals surface area contributed by atoms with Crippen molar-refractivity contribution in [1.82, 2.24) is 10.3 Å². The first-order valence-corrected chi connectivity index (χ1v) is 8.24. The highest BCUT2D eigenvalue weighted by Crippen LogP contribution is 2.36. The topological polar surface area (TPSA) is 69.7 Å². The predicted octanol–water partition coefficient (Wildman–Crippen LogP) is 2.69.